The molecule has 0 bridgehead atoms. The Morgan fingerprint density at radius 3 is 2.38 bits per heavy atom. The summed E-state index contributed by atoms with van der Waals surface area (Å²) in [5.74, 6) is 2.87. The minimum Gasteiger partial charge on any atom is -0.494 e. The third-order valence-electron chi connectivity index (χ3n) is 3.62. The summed E-state index contributed by atoms with van der Waals surface area (Å²) in [5.41, 5.74) is 1.17. The second-order valence-electron chi connectivity index (χ2n) is 5.55. The molecule has 0 saturated carbocycles. The van der Waals surface area contributed by atoms with Crippen molar-refractivity contribution in [2.24, 2.45) is 5.92 Å². The van der Waals surface area contributed by atoms with Gasteiger partial charge in [-0.2, -0.15) is 0 Å². The Labute approximate surface area is 131 Å². The minimum absolute atomic E-state index is 0.134. The zero-order valence-electron chi connectivity index (χ0n) is 13.7. The van der Waals surface area contributed by atoms with Crippen LogP contribution >= 0.6 is 0 Å². The molecule has 1 rings (SSSR count). The van der Waals surface area contributed by atoms with Gasteiger partial charge in [-0.05, 0) is 37.1 Å². The molecule has 0 aliphatic rings. The molecule has 120 valence electrons. The number of hydrogen-bond donors (Lipinski definition) is 1. The lowest BCUT2D eigenvalue weighted by atomic mass is 10.1. The molecule has 0 aliphatic carbocycles. The third kappa shape index (κ3) is 6.62. The highest BCUT2D eigenvalue weighted by Gasteiger charge is 2.15. The van der Waals surface area contributed by atoms with Gasteiger partial charge < -0.3 is 10.1 Å². The molecule has 0 aliphatic heterocycles. The van der Waals surface area contributed by atoms with Gasteiger partial charge in [0, 0.05) is 28.3 Å². The fraction of sp³-hybridized carbons (Fsp3) is 0.647. The summed E-state index contributed by atoms with van der Waals surface area (Å²) in [4.78, 5) is 0. The van der Waals surface area contributed by atoms with Crippen LogP contribution in [0.15, 0.2) is 24.3 Å². The number of nitrogens with one attached hydrogen (secondary N) is 1. The van der Waals surface area contributed by atoms with E-state index in [1.165, 1.54) is 5.56 Å². The molecule has 0 saturated heterocycles. The van der Waals surface area contributed by atoms with E-state index in [1.807, 2.05) is 19.2 Å². The lowest BCUT2D eigenvalue weighted by Gasteiger charge is -2.18. The molecule has 3 nitrogen and oxygen atoms in total. The second kappa shape index (κ2) is 9.96. The zero-order chi connectivity index (χ0) is 15.7. The predicted molar refractivity (Wildman–Crippen MR) is 91.4 cm³/mol. The second-order valence-corrected chi connectivity index (χ2v) is 7.09. The fourth-order valence-electron chi connectivity index (χ4n) is 2.05. The summed E-state index contributed by atoms with van der Waals surface area (Å²) in [7, 11) is 1.14. The van der Waals surface area contributed by atoms with E-state index < -0.39 is 10.8 Å². The molecule has 0 spiro atoms. The Hall–Kier alpha value is -0.870. The van der Waals surface area contributed by atoms with Gasteiger partial charge in [-0.15, -0.1) is 0 Å². The highest BCUT2D eigenvalue weighted by atomic mass is 32.2. The van der Waals surface area contributed by atoms with Crippen LogP contribution in [-0.4, -0.2) is 29.4 Å². The topological polar surface area (TPSA) is 38.3 Å². The maximum absolute atomic E-state index is 12.2. The molecule has 0 aromatic heterocycles. The van der Waals surface area contributed by atoms with Gasteiger partial charge in [0.1, 0.15) is 5.75 Å². The average molecular weight is 311 g/mol. The minimum atomic E-state index is -0.784. The van der Waals surface area contributed by atoms with E-state index in [2.05, 4.69) is 38.2 Å². The van der Waals surface area contributed by atoms with Crippen LogP contribution < -0.4 is 10.1 Å². The Morgan fingerprint density at radius 1 is 1.19 bits per heavy atom. The van der Waals surface area contributed by atoms with Gasteiger partial charge in [0.15, 0.2) is 0 Å². The first-order valence-corrected chi connectivity index (χ1v) is 9.34. The van der Waals surface area contributed by atoms with E-state index in [0.29, 0.717) is 11.7 Å². The van der Waals surface area contributed by atoms with Crippen LogP contribution in [0.2, 0.25) is 0 Å². The van der Waals surface area contributed by atoms with Crippen LogP contribution in [0.3, 0.4) is 0 Å². The Morgan fingerprint density at radius 2 is 1.86 bits per heavy atom. The Kier molecular flexibility index (Phi) is 8.62. The number of hydrogen-bond acceptors (Lipinski definition) is 3. The fourth-order valence-corrected chi connectivity index (χ4v) is 3.79. The van der Waals surface area contributed by atoms with Crippen LogP contribution in [0, 0.1) is 5.92 Å². The summed E-state index contributed by atoms with van der Waals surface area (Å²) < 4.78 is 17.8. The number of benzene rings is 1. The first-order chi connectivity index (χ1) is 10.1. The number of rotatable bonds is 10. The van der Waals surface area contributed by atoms with Crippen molar-refractivity contribution in [3.63, 3.8) is 0 Å². The molecule has 3 unspecified atom stereocenters. The monoisotopic (exact) mass is 311 g/mol. The molecule has 4 heteroatoms. The molecule has 0 fully saturated rings. The van der Waals surface area contributed by atoms with Crippen molar-refractivity contribution in [3.8, 4) is 5.75 Å². The van der Waals surface area contributed by atoms with Gasteiger partial charge in [-0.25, -0.2) is 0 Å². The molecule has 3 atom stereocenters. The van der Waals surface area contributed by atoms with Crippen molar-refractivity contribution in [1.82, 2.24) is 5.32 Å². The van der Waals surface area contributed by atoms with Crippen molar-refractivity contribution in [2.45, 2.75) is 39.7 Å². The van der Waals surface area contributed by atoms with Crippen LogP contribution in [0.5, 0.6) is 5.75 Å². The van der Waals surface area contributed by atoms with Gasteiger partial charge >= 0.3 is 0 Å². The predicted octanol–water partition coefficient (Wildman–Crippen LogP) is 3.53. The maximum atomic E-state index is 12.2. The molecular formula is C17H29NO2S. The SMILES string of the molecule is CCCOc1ccc(C(CS(=O)CC(C)CC)NC)cc1. The normalized spacial score (nSPS) is 15.4. The van der Waals surface area contributed by atoms with Crippen LogP contribution in [-0.2, 0) is 10.8 Å². The molecule has 0 amide bonds. The molecule has 21 heavy (non-hydrogen) atoms. The van der Waals surface area contributed by atoms with Gasteiger partial charge in [0.25, 0.3) is 0 Å². The highest BCUT2D eigenvalue weighted by molar-refractivity contribution is 7.85. The van der Waals surface area contributed by atoms with Gasteiger partial charge in [-0.1, -0.05) is 39.3 Å². The van der Waals surface area contributed by atoms with Crippen LogP contribution in [0.1, 0.15) is 45.2 Å². The largest absolute Gasteiger partial charge is 0.494 e. The molecular weight excluding hydrogens is 282 g/mol. The van der Waals surface area contributed by atoms with Crippen LogP contribution in [0.4, 0.5) is 0 Å². The van der Waals surface area contributed by atoms with E-state index >= 15 is 0 Å². The number of ether oxygens (including phenoxy) is 1. The highest BCUT2D eigenvalue weighted by Crippen LogP contribution is 2.19. The summed E-state index contributed by atoms with van der Waals surface area (Å²) in [6.45, 7) is 7.14. The van der Waals surface area contributed by atoms with Crippen molar-refractivity contribution in [2.75, 3.05) is 25.2 Å². The molecule has 1 N–H and O–H groups in total. The Balaban J connectivity index is 2.60. The lowest BCUT2D eigenvalue weighted by molar-refractivity contribution is 0.317. The molecule has 1 aromatic rings. The quantitative estimate of drug-likeness (QED) is 0.718. The van der Waals surface area contributed by atoms with Crippen molar-refractivity contribution >= 4 is 10.8 Å². The van der Waals surface area contributed by atoms with E-state index in [-0.39, 0.29) is 6.04 Å². The molecule has 0 heterocycles. The maximum Gasteiger partial charge on any atom is 0.119 e. The van der Waals surface area contributed by atoms with Gasteiger partial charge in [-0.3, -0.25) is 4.21 Å². The Bertz CT molecular complexity index is 419. The lowest BCUT2D eigenvalue weighted by Crippen LogP contribution is -2.24. The smallest absolute Gasteiger partial charge is 0.119 e. The van der Waals surface area contributed by atoms with Crippen molar-refractivity contribution in [1.29, 1.82) is 0 Å². The molecule has 0 radical (unpaired) electrons. The zero-order valence-corrected chi connectivity index (χ0v) is 14.5. The van der Waals surface area contributed by atoms with E-state index in [0.717, 1.165) is 31.0 Å². The summed E-state index contributed by atoms with van der Waals surface area (Å²) in [5, 5.41) is 3.27. The molecule has 1 aromatic carbocycles. The average Bonchev–Trinajstić information content (AvgIpc) is 2.51. The standard InChI is InChI=1S/C17H29NO2S/c1-5-11-20-16-9-7-15(8-10-16)17(18-4)13-21(19)12-14(3)6-2/h7-10,14,17-18H,5-6,11-13H2,1-4H3. The summed E-state index contributed by atoms with van der Waals surface area (Å²) in [6.07, 6.45) is 2.09. The van der Waals surface area contributed by atoms with Crippen LogP contribution in [0.25, 0.3) is 0 Å². The third-order valence-corrected chi connectivity index (χ3v) is 5.27. The van der Waals surface area contributed by atoms with E-state index in [1.54, 1.807) is 0 Å². The van der Waals surface area contributed by atoms with Gasteiger partial charge in [0.05, 0.1) is 6.61 Å². The van der Waals surface area contributed by atoms with Gasteiger partial charge in [0.2, 0.25) is 0 Å². The van der Waals surface area contributed by atoms with E-state index in [9.17, 15) is 4.21 Å². The summed E-state index contributed by atoms with van der Waals surface area (Å²) >= 11 is 0. The van der Waals surface area contributed by atoms with Crippen molar-refractivity contribution in [3.05, 3.63) is 29.8 Å². The first-order valence-electron chi connectivity index (χ1n) is 7.85. The summed E-state index contributed by atoms with van der Waals surface area (Å²) in [6, 6.07) is 8.24. The first kappa shape index (κ1) is 18.2. The van der Waals surface area contributed by atoms with E-state index in [4.69, 9.17) is 4.74 Å². The van der Waals surface area contributed by atoms with Crippen molar-refractivity contribution < 1.29 is 8.95 Å².